The SMILES string of the molecule is COc1cccc(NC(=O)C2(C)CCc3cnc(NCc4ccccc4)nc32)c1. The second-order valence-corrected chi connectivity index (χ2v) is 7.42. The molecule has 4 rings (SSSR count). The number of ether oxygens (including phenoxy) is 1. The normalized spacial score (nSPS) is 17.4. The fourth-order valence-electron chi connectivity index (χ4n) is 3.62. The molecule has 148 valence electrons. The van der Waals surface area contributed by atoms with Gasteiger partial charge in [0.05, 0.1) is 18.2 Å². The van der Waals surface area contributed by atoms with Crippen LogP contribution in [0.2, 0.25) is 0 Å². The van der Waals surface area contributed by atoms with Crippen LogP contribution in [-0.4, -0.2) is 23.0 Å². The number of hydrogen-bond donors (Lipinski definition) is 2. The molecule has 6 heteroatoms. The highest BCUT2D eigenvalue weighted by Gasteiger charge is 2.43. The molecule has 3 aromatic rings. The summed E-state index contributed by atoms with van der Waals surface area (Å²) < 4.78 is 5.24. The van der Waals surface area contributed by atoms with Gasteiger partial charge in [-0.25, -0.2) is 9.97 Å². The van der Waals surface area contributed by atoms with Crippen LogP contribution in [0.3, 0.4) is 0 Å². The zero-order chi connectivity index (χ0) is 20.3. The van der Waals surface area contributed by atoms with Gasteiger partial charge in [-0.05, 0) is 43.0 Å². The van der Waals surface area contributed by atoms with E-state index in [0.29, 0.717) is 30.4 Å². The summed E-state index contributed by atoms with van der Waals surface area (Å²) in [6.07, 6.45) is 3.32. The minimum Gasteiger partial charge on any atom is -0.497 e. The van der Waals surface area contributed by atoms with Crippen molar-refractivity contribution in [2.24, 2.45) is 0 Å². The number of aromatic nitrogens is 2. The van der Waals surface area contributed by atoms with Crippen LogP contribution in [0.25, 0.3) is 0 Å². The molecule has 1 amide bonds. The highest BCUT2D eigenvalue weighted by Crippen LogP contribution is 2.38. The van der Waals surface area contributed by atoms with Crippen molar-refractivity contribution >= 4 is 17.5 Å². The molecular weight excluding hydrogens is 364 g/mol. The number of fused-ring (bicyclic) bond motifs is 1. The molecule has 1 aliphatic carbocycles. The van der Waals surface area contributed by atoms with Crippen molar-refractivity contribution in [1.29, 1.82) is 0 Å². The van der Waals surface area contributed by atoms with Crippen LogP contribution in [0.5, 0.6) is 5.75 Å². The van der Waals surface area contributed by atoms with Gasteiger partial charge >= 0.3 is 0 Å². The largest absolute Gasteiger partial charge is 0.497 e. The van der Waals surface area contributed by atoms with Gasteiger partial charge in [-0.3, -0.25) is 4.79 Å². The standard InChI is InChI=1S/C23H24N4O2/c1-23(21(28)26-18-9-6-10-19(13-18)29-2)12-11-17-15-25-22(27-20(17)23)24-14-16-7-4-3-5-8-16/h3-10,13,15H,11-12,14H2,1-2H3,(H,26,28)(H,24,25,27). The number of carbonyl (C=O) groups excluding carboxylic acids is 1. The molecular formula is C23H24N4O2. The summed E-state index contributed by atoms with van der Waals surface area (Å²) in [5, 5.41) is 6.28. The van der Waals surface area contributed by atoms with Gasteiger partial charge in [0.25, 0.3) is 0 Å². The van der Waals surface area contributed by atoms with E-state index in [-0.39, 0.29) is 5.91 Å². The number of rotatable bonds is 6. The molecule has 1 heterocycles. The van der Waals surface area contributed by atoms with Crippen molar-refractivity contribution in [3.63, 3.8) is 0 Å². The number of methoxy groups -OCH3 is 1. The fraction of sp³-hybridized carbons (Fsp3) is 0.261. The molecule has 1 atom stereocenters. The summed E-state index contributed by atoms with van der Waals surface area (Å²) in [6.45, 7) is 2.58. The molecule has 6 nitrogen and oxygen atoms in total. The van der Waals surface area contributed by atoms with E-state index in [1.54, 1.807) is 7.11 Å². The summed E-state index contributed by atoms with van der Waals surface area (Å²) in [6, 6.07) is 17.4. The van der Waals surface area contributed by atoms with Crippen molar-refractivity contribution in [2.45, 2.75) is 31.7 Å². The molecule has 0 fully saturated rings. The minimum atomic E-state index is -0.704. The highest BCUT2D eigenvalue weighted by atomic mass is 16.5. The lowest BCUT2D eigenvalue weighted by atomic mass is 9.86. The van der Waals surface area contributed by atoms with Gasteiger partial charge in [0.2, 0.25) is 11.9 Å². The van der Waals surface area contributed by atoms with E-state index in [2.05, 4.69) is 15.6 Å². The van der Waals surface area contributed by atoms with E-state index >= 15 is 0 Å². The van der Waals surface area contributed by atoms with Gasteiger partial charge in [0.1, 0.15) is 5.75 Å². The number of nitrogens with one attached hydrogen (secondary N) is 2. The average molecular weight is 388 g/mol. The monoisotopic (exact) mass is 388 g/mol. The van der Waals surface area contributed by atoms with Gasteiger partial charge in [-0.1, -0.05) is 36.4 Å². The Morgan fingerprint density at radius 1 is 1.17 bits per heavy atom. The molecule has 0 bridgehead atoms. The molecule has 1 unspecified atom stereocenters. The molecule has 0 aliphatic heterocycles. The maximum absolute atomic E-state index is 13.2. The molecule has 29 heavy (non-hydrogen) atoms. The summed E-state index contributed by atoms with van der Waals surface area (Å²) in [7, 11) is 1.61. The Balaban J connectivity index is 1.53. The van der Waals surface area contributed by atoms with Gasteiger partial charge in [-0.15, -0.1) is 0 Å². The molecule has 2 N–H and O–H groups in total. The van der Waals surface area contributed by atoms with Crippen molar-refractivity contribution in [1.82, 2.24) is 9.97 Å². The number of carbonyl (C=O) groups is 1. The number of hydrogen-bond acceptors (Lipinski definition) is 5. The zero-order valence-corrected chi connectivity index (χ0v) is 16.6. The van der Waals surface area contributed by atoms with Crippen LogP contribution in [0.15, 0.2) is 60.8 Å². The lowest BCUT2D eigenvalue weighted by molar-refractivity contribution is -0.121. The van der Waals surface area contributed by atoms with Crippen molar-refractivity contribution in [3.05, 3.63) is 77.6 Å². The first-order valence-electron chi connectivity index (χ1n) is 9.68. The summed E-state index contributed by atoms with van der Waals surface area (Å²) >= 11 is 0. The Kier molecular flexibility index (Phi) is 5.16. The Bertz CT molecular complexity index is 1020. The number of anilines is 2. The molecule has 0 spiro atoms. The highest BCUT2D eigenvalue weighted by molar-refractivity contribution is 5.99. The molecule has 1 aromatic heterocycles. The topological polar surface area (TPSA) is 76.1 Å². The summed E-state index contributed by atoms with van der Waals surface area (Å²) in [4.78, 5) is 22.3. The Morgan fingerprint density at radius 2 is 2.00 bits per heavy atom. The maximum atomic E-state index is 13.2. The van der Waals surface area contributed by atoms with Gasteiger partial charge in [-0.2, -0.15) is 0 Å². The first-order chi connectivity index (χ1) is 14.1. The van der Waals surface area contributed by atoms with Gasteiger partial charge in [0.15, 0.2) is 0 Å². The Labute approximate surface area is 170 Å². The first kappa shape index (κ1) is 18.9. The molecule has 0 saturated heterocycles. The lowest BCUT2D eigenvalue weighted by Crippen LogP contribution is -2.36. The van der Waals surface area contributed by atoms with E-state index in [9.17, 15) is 4.79 Å². The number of benzene rings is 2. The van der Waals surface area contributed by atoms with Crippen molar-refractivity contribution in [2.75, 3.05) is 17.7 Å². The Morgan fingerprint density at radius 3 is 2.79 bits per heavy atom. The predicted molar refractivity (Wildman–Crippen MR) is 113 cm³/mol. The van der Waals surface area contributed by atoms with Crippen LogP contribution < -0.4 is 15.4 Å². The summed E-state index contributed by atoms with van der Waals surface area (Å²) in [5.41, 5.74) is 2.97. The van der Waals surface area contributed by atoms with E-state index in [4.69, 9.17) is 9.72 Å². The third-order valence-electron chi connectivity index (χ3n) is 5.40. The second kappa shape index (κ2) is 7.91. The first-order valence-corrected chi connectivity index (χ1v) is 9.68. The van der Waals surface area contributed by atoms with E-state index in [0.717, 1.165) is 23.2 Å². The van der Waals surface area contributed by atoms with Crippen molar-refractivity contribution in [3.8, 4) is 5.75 Å². The number of aryl methyl sites for hydroxylation is 1. The molecule has 0 radical (unpaired) electrons. The van der Waals surface area contributed by atoms with Crippen LogP contribution in [0, 0.1) is 0 Å². The third-order valence-corrected chi connectivity index (χ3v) is 5.40. The molecule has 0 saturated carbocycles. The summed E-state index contributed by atoms with van der Waals surface area (Å²) in [5.74, 6) is 1.17. The average Bonchev–Trinajstić information content (AvgIpc) is 3.10. The zero-order valence-electron chi connectivity index (χ0n) is 16.6. The predicted octanol–water partition coefficient (Wildman–Crippen LogP) is 3.94. The van der Waals surface area contributed by atoms with E-state index in [1.807, 2.05) is 67.7 Å². The fourth-order valence-corrected chi connectivity index (χ4v) is 3.62. The van der Waals surface area contributed by atoms with Crippen LogP contribution in [-0.2, 0) is 23.2 Å². The third kappa shape index (κ3) is 3.92. The minimum absolute atomic E-state index is 0.0720. The van der Waals surface area contributed by atoms with Crippen LogP contribution in [0.4, 0.5) is 11.6 Å². The van der Waals surface area contributed by atoms with Crippen molar-refractivity contribution < 1.29 is 9.53 Å². The van der Waals surface area contributed by atoms with Gasteiger partial charge < -0.3 is 15.4 Å². The Hall–Kier alpha value is -3.41. The maximum Gasteiger partial charge on any atom is 0.236 e. The van der Waals surface area contributed by atoms with E-state index < -0.39 is 5.41 Å². The van der Waals surface area contributed by atoms with Gasteiger partial charge in [0, 0.05) is 24.5 Å². The quantitative estimate of drug-likeness (QED) is 0.669. The molecule has 1 aliphatic rings. The number of nitrogens with zero attached hydrogens (tertiary/aromatic N) is 2. The smallest absolute Gasteiger partial charge is 0.236 e. The van der Waals surface area contributed by atoms with Crippen LogP contribution >= 0.6 is 0 Å². The second-order valence-electron chi connectivity index (χ2n) is 7.42. The molecule has 2 aromatic carbocycles. The van der Waals surface area contributed by atoms with Crippen LogP contribution in [0.1, 0.15) is 30.2 Å². The van der Waals surface area contributed by atoms with E-state index in [1.165, 1.54) is 0 Å². The number of amides is 1. The lowest BCUT2D eigenvalue weighted by Gasteiger charge is -2.23.